The highest BCUT2D eigenvalue weighted by molar-refractivity contribution is 7.80. The average Bonchev–Trinajstić information content (AvgIpc) is 3.02. The van der Waals surface area contributed by atoms with E-state index in [1.165, 1.54) is 25.7 Å². The zero-order chi connectivity index (χ0) is 13.2. The van der Waals surface area contributed by atoms with Crippen molar-refractivity contribution in [2.24, 2.45) is 17.8 Å². The van der Waals surface area contributed by atoms with Gasteiger partial charge in [-0.2, -0.15) is 0 Å². The SMILES string of the molecule is CC(NC(=S)Nc1cccnc1)C1CC2CCC1C2. The van der Waals surface area contributed by atoms with Crippen molar-refractivity contribution in [2.45, 2.75) is 38.6 Å². The number of hydrogen-bond acceptors (Lipinski definition) is 2. The standard InChI is InChI=1S/C15H21N3S/c1-10(14-8-11-4-5-12(14)7-11)17-15(19)18-13-3-2-6-16-9-13/h2-3,6,9-12,14H,4-5,7-8H2,1H3,(H2,17,18,19). The largest absolute Gasteiger partial charge is 0.360 e. The van der Waals surface area contributed by atoms with Gasteiger partial charge in [-0.15, -0.1) is 0 Å². The van der Waals surface area contributed by atoms with Crippen LogP contribution in [-0.4, -0.2) is 16.1 Å². The lowest BCUT2D eigenvalue weighted by Crippen LogP contribution is -2.42. The number of rotatable bonds is 3. The van der Waals surface area contributed by atoms with Gasteiger partial charge < -0.3 is 10.6 Å². The summed E-state index contributed by atoms with van der Waals surface area (Å²) in [6.07, 6.45) is 9.25. The van der Waals surface area contributed by atoms with Gasteiger partial charge >= 0.3 is 0 Å². The molecule has 4 heteroatoms. The highest BCUT2D eigenvalue weighted by Gasteiger charge is 2.41. The van der Waals surface area contributed by atoms with Crippen LogP contribution < -0.4 is 10.6 Å². The molecule has 102 valence electrons. The van der Waals surface area contributed by atoms with E-state index in [9.17, 15) is 0 Å². The second-order valence-corrected chi connectivity index (χ2v) is 6.38. The number of aromatic nitrogens is 1. The molecule has 4 atom stereocenters. The van der Waals surface area contributed by atoms with Gasteiger partial charge in [-0.25, -0.2) is 0 Å². The van der Waals surface area contributed by atoms with Crippen LogP contribution in [0.3, 0.4) is 0 Å². The fraction of sp³-hybridized carbons (Fsp3) is 0.600. The van der Waals surface area contributed by atoms with Crippen LogP contribution in [0.25, 0.3) is 0 Å². The Hall–Kier alpha value is -1.16. The summed E-state index contributed by atoms with van der Waals surface area (Å²) < 4.78 is 0. The third kappa shape index (κ3) is 2.89. The minimum absolute atomic E-state index is 0.465. The fourth-order valence-electron chi connectivity index (χ4n) is 3.82. The van der Waals surface area contributed by atoms with Crippen LogP contribution in [0.2, 0.25) is 0 Å². The third-order valence-corrected chi connectivity index (χ3v) is 4.93. The Morgan fingerprint density at radius 1 is 1.42 bits per heavy atom. The van der Waals surface area contributed by atoms with Crippen molar-refractivity contribution in [3.63, 3.8) is 0 Å². The molecule has 0 aliphatic heterocycles. The van der Waals surface area contributed by atoms with Gasteiger partial charge in [-0.05, 0) is 68.3 Å². The van der Waals surface area contributed by atoms with E-state index in [0.717, 1.165) is 23.4 Å². The maximum Gasteiger partial charge on any atom is 0.171 e. The molecular weight excluding hydrogens is 254 g/mol. The molecule has 1 aromatic rings. The van der Waals surface area contributed by atoms with E-state index < -0.39 is 0 Å². The molecule has 2 saturated carbocycles. The van der Waals surface area contributed by atoms with Gasteiger partial charge in [0.25, 0.3) is 0 Å². The molecule has 1 heterocycles. The van der Waals surface area contributed by atoms with Gasteiger partial charge in [-0.1, -0.05) is 6.42 Å². The summed E-state index contributed by atoms with van der Waals surface area (Å²) in [5.41, 5.74) is 0.945. The molecule has 2 N–H and O–H groups in total. The molecule has 2 fully saturated rings. The van der Waals surface area contributed by atoms with Crippen molar-refractivity contribution in [3.05, 3.63) is 24.5 Å². The number of fused-ring (bicyclic) bond motifs is 2. The Labute approximate surface area is 120 Å². The summed E-state index contributed by atoms with van der Waals surface area (Å²) in [7, 11) is 0. The van der Waals surface area contributed by atoms with Crippen molar-refractivity contribution in [1.29, 1.82) is 0 Å². The van der Waals surface area contributed by atoms with Crippen molar-refractivity contribution < 1.29 is 0 Å². The summed E-state index contributed by atoms with van der Waals surface area (Å²) in [5, 5.41) is 7.36. The van der Waals surface area contributed by atoms with E-state index in [0.29, 0.717) is 11.2 Å². The number of pyridine rings is 1. The topological polar surface area (TPSA) is 37.0 Å². The summed E-state index contributed by atoms with van der Waals surface area (Å²) in [6, 6.07) is 4.35. The minimum atomic E-state index is 0.465. The molecule has 3 nitrogen and oxygen atoms in total. The Morgan fingerprint density at radius 2 is 2.32 bits per heavy atom. The van der Waals surface area contributed by atoms with Crippen molar-refractivity contribution in [1.82, 2.24) is 10.3 Å². The maximum atomic E-state index is 5.38. The molecule has 1 aromatic heterocycles. The van der Waals surface area contributed by atoms with E-state index in [2.05, 4.69) is 22.5 Å². The predicted molar refractivity (Wildman–Crippen MR) is 82.0 cm³/mol. The fourth-order valence-corrected chi connectivity index (χ4v) is 4.13. The predicted octanol–water partition coefficient (Wildman–Crippen LogP) is 3.19. The number of thiocarbonyl (C=S) groups is 1. The second-order valence-electron chi connectivity index (χ2n) is 5.97. The molecule has 2 aliphatic rings. The van der Waals surface area contributed by atoms with Crippen LogP contribution in [0.1, 0.15) is 32.6 Å². The highest BCUT2D eigenvalue weighted by atomic mass is 32.1. The van der Waals surface area contributed by atoms with Gasteiger partial charge in [0, 0.05) is 12.2 Å². The number of anilines is 1. The Morgan fingerprint density at radius 3 is 2.95 bits per heavy atom. The highest BCUT2D eigenvalue weighted by Crippen LogP contribution is 2.49. The van der Waals surface area contributed by atoms with Crippen LogP contribution in [0, 0.1) is 17.8 Å². The molecule has 0 aromatic carbocycles. The van der Waals surface area contributed by atoms with Crippen LogP contribution >= 0.6 is 12.2 Å². The maximum absolute atomic E-state index is 5.38. The Kier molecular flexibility index (Phi) is 3.69. The van der Waals surface area contributed by atoms with Crippen LogP contribution in [0.15, 0.2) is 24.5 Å². The molecule has 2 aliphatic carbocycles. The van der Waals surface area contributed by atoms with Gasteiger partial charge in [0.2, 0.25) is 0 Å². The van der Waals surface area contributed by atoms with Crippen LogP contribution in [0.4, 0.5) is 5.69 Å². The number of nitrogens with one attached hydrogen (secondary N) is 2. The lowest BCUT2D eigenvalue weighted by Gasteiger charge is -2.29. The molecule has 2 bridgehead atoms. The summed E-state index contributed by atoms with van der Waals surface area (Å²) in [5.74, 6) is 2.71. The van der Waals surface area contributed by atoms with Gasteiger partial charge in [0.1, 0.15) is 0 Å². The minimum Gasteiger partial charge on any atom is -0.360 e. The third-order valence-electron chi connectivity index (χ3n) is 4.71. The zero-order valence-corrected chi connectivity index (χ0v) is 12.1. The first-order valence-electron chi connectivity index (χ1n) is 7.20. The Bertz CT molecular complexity index is 448. The van der Waals surface area contributed by atoms with E-state index in [1.807, 2.05) is 12.1 Å². The summed E-state index contributed by atoms with van der Waals surface area (Å²) in [4.78, 5) is 4.08. The van der Waals surface area contributed by atoms with E-state index in [1.54, 1.807) is 12.4 Å². The number of hydrogen-bond donors (Lipinski definition) is 2. The van der Waals surface area contributed by atoms with Gasteiger partial charge in [0.15, 0.2) is 5.11 Å². The van der Waals surface area contributed by atoms with Gasteiger partial charge in [-0.3, -0.25) is 4.98 Å². The summed E-state index contributed by atoms with van der Waals surface area (Å²) >= 11 is 5.38. The van der Waals surface area contributed by atoms with Crippen molar-refractivity contribution in [3.8, 4) is 0 Å². The molecule has 0 spiro atoms. The van der Waals surface area contributed by atoms with Crippen molar-refractivity contribution >= 4 is 23.0 Å². The number of nitrogens with zero attached hydrogens (tertiary/aromatic N) is 1. The zero-order valence-electron chi connectivity index (χ0n) is 11.3. The molecule has 19 heavy (non-hydrogen) atoms. The average molecular weight is 275 g/mol. The molecule has 0 amide bonds. The van der Waals surface area contributed by atoms with E-state index in [4.69, 9.17) is 12.2 Å². The van der Waals surface area contributed by atoms with Crippen LogP contribution in [-0.2, 0) is 0 Å². The van der Waals surface area contributed by atoms with Gasteiger partial charge in [0.05, 0.1) is 11.9 Å². The molecule has 4 unspecified atom stereocenters. The lowest BCUT2D eigenvalue weighted by atomic mass is 9.84. The first-order valence-corrected chi connectivity index (χ1v) is 7.60. The quantitative estimate of drug-likeness (QED) is 0.831. The normalized spacial score (nSPS) is 30.1. The first-order chi connectivity index (χ1) is 9.22. The van der Waals surface area contributed by atoms with E-state index in [-0.39, 0.29) is 0 Å². The molecule has 0 radical (unpaired) electrons. The van der Waals surface area contributed by atoms with Crippen molar-refractivity contribution in [2.75, 3.05) is 5.32 Å². The molecular formula is C15H21N3S. The Balaban J connectivity index is 1.52. The second kappa shape index (κ2) is 5.45. The first kappa shape index (κ1) is 12.9. The summed E-state index contributed by atoms with van der Waals surface area (Å²) in [6.45, 7) is 2.27. The van der Waals surface area contributed by atoms with E-state index >= 15 is 0 Å². The molecule has 3 rings (SSSR count). The molecule has 0 saturated heterocycles. The monoisotopic (exact) mass is 275 g/mol. The lowest BCUT2D eigenvalue weighted by molar-refractivity contribution is 0.279. The smallest absolute Gasteiger partial charge is 0.171 e. The van der Waals surface area contributed by atoms with Crippen LogP contribution in [0.5, 0.6) is 0 Å².